The Labute approximate surface area is 186 Å². The van der Waals surface area contributed by atoms with Crippen LogP contribution < -0.4 is 5.32 Å². The summed E-state index contributed by atoms with van der Waals surface area (Å²) in [5.74, 6) is -0.0900. The Morgan fingerprint density at radius 3 is 2.50 bits per heavy atom. The highest BCUT2D eigenvalue weighted by molar-refractivity contribution is 5.95. The van der Waals surface area contributed by atoms with Crippen LogP contribution in [0.2, 0.25) is 0 Å². The van der Waals surface area contributed by atoms with Gasteiger partial charge >= 0.3 is 6.18 Å². The number of carbonyl (C=O) groups is 1. The number of aromatic nitrogens is 1. The van der Waals surface area contributed by atoms with Crippen LogP contribution in [0.4, 0.5) is 13.2 Å². The van der Waals surface area contributed by atoms with Crippen LogP contribution in [0.25, 0.3) is 0 Å². The molecule has 0 aliphatic carbocycles. The van der Waals surface area contributed by atoms with Gasteiger partial charge in [0.15, 0.2) is 0 Å². The predicted molar refractivity (Wildman–Crippen MR) is 120 cm³/mol. The molecule has 1 N–H and O–H groups in total. The average Bonchev–Trinajstić information content (AvgIpc) is 2.73. The van der Waals surface area contributed by atoms with Gasteiger partial charge in [0.2, 0.25) is 0 Å². The van der Waals surface area contributed by atoms with Gasteiger partial charge in [0.1, 0.15) is 0 Å². The molecule has 0 saturated heterocycles. The van der Waals surface area contributed by atoms with E-state index in [4.69, 9.17) is 0 Å². The lowest BCUT2D eigenvalue weighted by Crippen LogP contribution is -2.25. The fourth-order valence-corrected chi connectivity index (χ4v) is 3.75. The van der Waals surface area contributed by atoms with Crippen LogP contribution in [0.3, 0.4) is 0 Å². The Morgan fingerprint density at radius 2 is 1.78 bits per heavy atom. The number of pyridine rings is 1. The topological polar surface area (TPSA) is 42.0 Å². The predicted octanol–water partition coefficient (Wildman–Crippen LogP) is 6.04. The number of hydrogen-bond acceptors (Lipinski definition) is 2. The Balaban J connectivity index is 1.81. The van der Waals surface area contributed by atoms with E-state index in [0.29, 0.717) is 36.1 Å². The summed E-state index contributed by atoms with van der Waals surface area (Å²) in [5, 5.41) is 2.90. The largest absolute Gasteiger partial charge is 0.416 e. The van der Waals surface area contributed by atoms with Gasteiger partial charge in [-0.2, -0.15) is 13.2 Å². The minimum atomic E-state index is -4.36. The third-order valence-corrected chi connectivity index (χ3v) is 5.35. The zero-order valence-corrected chi connectivity index (χ0v) is 18.5. The molecule has 1 heterocycles. The highest BCUT2D eigenvalue weighted by atomic mass is 19.4. The summed E-state index contributed by atoms with van der Waals surface area (Å²) in [7, 11) is 0. The minimum Gasteiger partial charge on any atom is -0.352 e. The molecule has 32 heavy (non-hydrogen) atoms. The molecule has 0 radical (unpaired) electrons. The lowest BCUT2D eigenvalue weighted by molar-refractivity contribution is -0.137. The molecule has 168 valence electrons. The molecule has 0 fully saturated rings. The number of nitrogens with zero attached hydrogens (tertiary/aromatic N) is 1. The van der Waals surface area contributed by atoms with Crippen LogP contribution in [0, 0.1) is 13.8 Å². The molecule has 0 spiro atoms. The number of carbonyl (C=O) groups excluding carboxylic acids is 1. The van der Waals surface area contributed by atoms with Crippen LogP contribution in [0.15, 0.2) is 54.7 Å². The van der Waals surface area contributed by atoms with Crippen LogP contribution in [-0.4, -0.2) is 17.4 Å². The summed E-state index contributed by atoms with van der Waals surface area (Å²) >= 11 is 0. The number of amides is 1. The third kappa shape index (κ3) is 5.96. The van der Waals surface area contributed by atoms with E-state index in [0.717, 1.165) is 34.9 Å². The molecule has 3 rings (SSSR count). The Bertz CT molecular complexity index is 1110. The molecule has 0 bridgehead atoms. The van der Waals surface area contributed by atoms with Crippen LogP contribution >= 0.6 is 0 Å². The van der Waals surface area contributed by atoms with Gasteiger partial charge in [0.05, 0.1) is 5.56 Å². The highest BCUT2D eigenvalue weighted by Gasteiger charge is 2.30. The first-order chi connectivity index (χ1) is 15.2. The molecule has 1 amide bonds. The van der Waals surface area contributed by atoms with Gasteiger partial charge in [0.25, 0.3) is 5.91 Å². The van der Waals surface area contributed by atoms with Crippen molar-refractivity contribution in [2.24, 2.45) is 0 Å². The molecule has 0 saturated carbocycles. The first-order valence-electron chi connectivity index (χ1n) is 10.7. The molecule has 0 atom stereocenters. The van der Waals surface area contributed by atoms with Crippen molar-refractivity contribution < 1.29 is 18.0 Å². The summed E-state index contributed by atoms with van der Waals surface area (Å²) in [4.78, 5) is 16.8. The standard InChI is InChI=1S/C26H27F3N2O/c1-4-9-31-25(32)24-7-5-6-21(18(24)3)16-23-15-19(8-10-30-23)13-20-11-17(2)12-22(14-20)26(27,28)29/h5-8,10-12,14-15H,4,9,13,16H2,1-3H3,(H,31,32). The van der Waals surface area contributed by atoms with E-state index >= 15 is 0 Å². The summed E-state index contributed by atoms with van der Waals surface area (Å²) in [5.41, 5.74) is 4.81. The number of nitrogens with one attached hydrogen (secondary N) is 1. The van der Waals surface area contributed by atoms with Crippen molar-refractivity contribution in [3.63, 3.8) is 0 Å². The second kappa shape index (κ2) is 9.98. The fourth-order valence-electron chi connectivity index (χ4n) is 3.75. The monoisotopic (exact) mass is 440 g/mol. The van der Waals surface area contributed by atoms with Crippen LogP contribution in [-0.2, 0) is 19.0 Å². The maximum atomic E-state index is 13.2. The van der Waals surface area contributed by atoms with E-state index in [1.165, 1.54) is 6.07 Å². The van der Waals surface area contributed by atoms with Crippen molar-refractivity contribution >= 4 is 5.91 Å². The van der Waals surface area contributed by atoms with Gasteiger partial charge in [-0.15, -0.1) is 0 Å². The lowest BCUT2D eigenvalue weighted by Gasteiger charge is -2.13. The van der Waals surface area contributed by atoms with E-state index in [1.807, 2.05) is 44.2 Å². The SMILES string of the molecule is CCCNC(=O)c1cccc(Cc2cc(Cc3cc(C)cc(C(F)(F)F)c3)ccn2)c1C. The minimum absolute atomic E-state index is 0.0900. The van der Waals surface area contributed by atoms with Crippen molar-refractivity contribution in [3.05, 3.63) is 99.4 Å². The summed E-state index contributed by atoms with van der Waals surface area (Å²) < 4.78 is 39.5. The summed E-state index contributed by atoms with van der Waals surface area (Å²) in [6, 6.07) is 13.5. The third-order valence-electron chi connectivity index (χ3n) is 5.35. The molecular weight excluding hydrogens is 413 g/mol. The Kier molecular flexibility index (Phi) is 7.33. The molecule has 0 unspecified atom stereocenters. The van der Waals surface area contributed by atoms with Crippen molar-refractivity contribution in [2.45, 2.75) is 46.2 Å². The van der Waals surface area contributed by atoms with Crippen molar-refractivity contribution in [1.82, 2.24) is 10.3 Å². The lowest BCUT2D eigenvalue weighted by atomic mass is 9.96. The van der Waals surface area contributed by atoms with Crippen molar-refractivity contribution in [3.8, 4) is 0 Å². The number of aryl methyl sites for hydroxylation is 1. The van der Waals surface area contributed by atoms with Gasteiger partial charge in [-0.3, -0.25) is 9.78 Å². The van der Waals surface area contributed by atoms with Gasteiger partial charge in [-0.1, -0.05) is 30.7 Å². The molecule has 3 aromatic rings. The van der Waals surface area contributed by atoms with Crippen LogP contribution in [0.1, 0.15) is 62.8 Å². The number of halogens is 3. The highest BCUT2D eigenvalue weighted by Crippen LogP contribution is 2.31. The summed E-state index contributed by atoms with van der Waals surface area (Å²) in [6.07, 6.45) is -0.893. The molecule has 0 aliphatic heterocycles. The molecule has 6 heteroatoms. The van der Waals surface area contributed by atoms with E-state index in [-0.39, 0.29) is 5.91 Å². The average molecular weight is 441 g/mol. The van der Waals surface area contributed by atoms with E-state index < -0.39 is 11.7 Å². The molecular formula is C26H27F3N2O. The van der Waals surface area contributed by atoms with Gasteiger partial charge in [-0.05, 0) is 79.3 Å². The van der Waals surface area contributed by atoms with E-state index in [2.05, 4.69) is 10.3 Å². The Hall–Kier alpha value is -3.15. The number of alkyl halides is 3. The summed E-state index contributed by atoms with van der Waals surface area (Å²) in [6.45, 7) is 6.22. The van der Waals surface area contributed by atoms with E-state index in [1.54, 1.807) is 19.2 Å². The first kappa shape index (κ1) is 23.5. The molecule has 2 aromatic carbocycles. The second-order valence-electron chi connectivity index (χ2n) is 8.06. The van der Waals surface area contributed by atoms with Gasteiger partial charge in [-0.25, -0.2) is 0 Å². The van der Waals surface area contributed by atoms with E-state index in [9.17, 15) is 18.0 Å². The first-order valence-corrected chi connectivity index (χ1v) is 10.7. The smallest absolute Gasteiger partial charge is 0.352 e. The van der Waals surface area contributed by atoms with Gasteiger partial charge in [0, 0.05) is 30.4 Å². The maximum Gasteiger partial charge on any atom is 0.416 e. The number of hydrogen-bond donors (Lipinski definition) is 1. The quantitative estimate of drug-likeness (QED) is 0.487. The van der Waals surface area contributed by atoms with Gasteiger partial charge < -0.3 is 5.32 Å². The molecule has 0 aliphatic rings. The second-order valence-corrected chi connectivity index (χ2v) is 8.06. The zero-order chi connectivity index (χ0) is 23.3. The fraction of sp³-hybridized carbons (Fsp3) is 0.308. The molecule has 1 aromatic heterocycles. The zero-order valence-electron chi connectivity index (χ0n) is 18.5. The molecule has 3 nitrogen and oxygen atoms in total. The Morgan fingerprint density at radius 1 is 1.00 bits per heavy atom. The number of rotatable bonds is 7. The maximum absolute atomic E-state index is 13.2. The normalized spacial score (nSPS) is 11.4. The van der Waals surface area contributed by atoms with Crippen LogP contribution in [0.5, 0.6) is 0 Å². The van der Waals surface area contributed by atoms with Crippen molar-refractivity contribution in [1.29, 1.82) is 0 Å². The number of benzene rings is 2. The van der Waals surface area contributed by atoms with Crippen molar-refractivity contribution in [2.75, 3.05) is 6.54 Å².